The summed E-state index contributed by atoms with van der Waals surface area (Å²) in [7, 11) is 0. The Balaban J connectivity index is 1.57. The van der Waals surface area contributed by atoms with Gasteiger partial charge in [-0.1, -0.05) is 11.8 Å². The summed E-state index contributed by atoms with van der Waals surface area (Å²) in [6.07, 6.45) is 6.05. The van der Waals surface area contributed by atoms with E-state index in [9.17, 15) is 0 Å². The zero-order valence-corrected chi connectivity index (χ0v) is 10.3. The molecule has 1 fully saturated rings. The molecular formula is C11H18N2O2S. The fraction of sp³-hybridized carbons (Fsp3) is 0.727. The molecule has 0 saturated carbocycles. The van der Waals surface area contributed by atoms with Gasteiger partial charge in [0.1, 0.15) is 6.26 Å². The van der Waals surface area contributed by atoms with Gasteiger partial charge in [-0.15, -0.1) is 0 Å². The predicted octanol–water partition coefficient (Wildman–Crippen LogP) is 1.92. The molecular weight excluding hydrogens is 224 g/mol. The van der Waals surface area contributed by atoms with Gasteiger partial charge in [0.2, 0.25) is 0 Å². The summed E-state index contributed by atoms with van der Waals surface area (Å²) in [5.74, 6) is 0.970. The van der Waals surface area contributed by atoms with Gasteiger partial charge in [0, 0.05) is 24.9 Å². The Kier molecular flexibility index (Phi) is 4.69. The minimum atomic E-state index is 0.395. The van der Waals surface area contributed by atoms with Gasteiger partial charge in [-0.2, -0.15) is 0 Å². The van der Waals surface area contributed by atoms with Crippen LogP contribution >= 0.6 is 11.8 Å². The molecule has 1 aromatic rings. The molecule has 1 N–H and O–H groups in total. The van der Waals surface area contributed by atoms with Gasteiger partial charge in [0.25, 0.3) is 5.22 Å². The molecule has 1 aromatic heterocycles. The molecule has 90 valence electrons. The lowest BCUT2D eigenvalue weighted by molar-refractivity contribution is 0.0844. The van der Waals surface area contributed by atoms with E-state index in [0.29, 0.717) is 12.1 Å². The number of ether oxygens (including phenoxy) is 1. The Morgan fingerprint density at radius 3 is 3.31 bits per heavy atom. The van der Waals surface area contributed by atoms with E-state index in [2.05, 4.69) is 17.2 Å². The van der Waals surface area contributed by atoms with Crippen LogP contribution in [0.4, 0.5) is 0 Å². The number of hydrogen-bond donors (Lipinski definition) is 1. The van der Waals surface area contributed by atoms with Crippen LogP contribution < -0.4 is 5.32 Å². The Morgan fingerprint density at radius 2 is 2.62 bits per heavy atom. The van der Waals surface area contributed by atoms with Crippen molar-refractivity contribution in [1.29, 1.82) is 0 Å². The normalized spacial score (nSPS) is 22.4. The summed E-state index contributed by atoms with van der Waals surface area (Å²) >= 11 is 1.63. The van der Waals surface area contributed by atoms with Crippen molar-refractivity contribution in [2.45, 2.75) is 37.1 Å². The number of aromatic nitrogens is 1. The van der Waals surface area contributed by atoms with E-state index >= 15 is 0 Å². The first-order chi connectivity index (χ1) is 7.86. The summed E-state index contributed by atoms with van der Waals surface area (Å²) in [4.78, 5) is 4.05. The van der Waals surface area contributed by atoms with E-state index < -0.39 is 0 Å². The third-order valence-electron chi connectivity index (χ3n) is 2.73. The highest BCUT2D eigenvalue weighted by molar-refractivity contribution is 7.99. The second-order valence-corrected chi connectivity index (χ2v) is 4.99. The third kappa shape index (κ3) is 3.50. The monoisotopic (exact) mass is 242 g/mol. The third-order valence-corrected chi connectivity index (χ3v) is 3.58. The zero-order valence-electron chi connectivity index (χ0n) is 9.52. The van der Waals surface area contributed by atoms with Gasteiger partial charge in [0.05, 0.1) is 12.3 Å². The lowest BCUT2D eigenvalue weighted by Crippen LogP contribution is -2.38. The zero-order chi connectivity index (χ0) is 11.2. The molecule has 1 aliphatic rings. The van der Waals surface area contributed by atoms with E-state index in [1.807, 2.05) is 0 Å². The van der Waals surface area contributed by atoms with Crippen LogP contribution in [0.1, 0.15) is 19.8 Å². The molecule has 0 radical (unpaired) electrons. The smallest absolute Gasteiger partial charge is 0.255 e. The van der Waals surface area contributed by atoms with Crippen molar-refractivity contribution in [3.8, 4) is 0 Å². The van der Waals surface area contributed by atoms with Gasteiger partial charge in [-0.25, -0.2) is 4.98 Å². The fourth-order valence-corrected chi connectivity index (χ4v) is 2.49. The lowest BCUT2D eigenvalue weighted by atomic mass is 10.1. The fourth-order valence-electron chi connectivity index (χ4n) is 1.83. The van der Waals surface area contributed by atoms with Crippen LogP contribution in [0.5, 0.6) is 0 Å². The van der Waals surface area contributed by atoms with Gasteiger partial charge < -0.3 is 14.5 Å². The largest absolute Gasteiger partial charge is 0.440 e. The second-order valence-electron chi connectivity index (χ2n) is 3.94. The van der Waals surface area contributed by atoms with Crippen molar-refractivity contribution in [1.82, 2.24) is 10.3 Å². The molecule has 16 heavy (non-hydrogen) atoms. The highest BCUT2D eigenvalue weighted by atomic mass is 32.2. The van der Waals surface area contributed by atoms with Crippen LogP contribution in [0.2, 0.25) is 0 Å². The van der Waals surface area contributed by atoms with Crippen molar-refractivity contribution >= 4 is 11.8 Å². The first kappa shape index (κ1) is 12.0. The Labute approximate surface area is 100 Å². The van der Waals surface area contributed by atoms with E-state index in [-0.39, 0.29) is 0 Å². The summed E-state index contributed by atoms with van der Waals surface area (Å²) in [6.45, 7) is 4.06. The van der Waals surface area contributed by atoms with E-state index in [4.69, 9.17) is 9.15 Å². The molecule has 0 bridgehead atoms. The maximum Gasteiger partial charge on any atom is 0.255 e. The molecule has 0 aromatic carbocycles. The van der Waals surface area contributed by atoms with E-state index in [1.54, 1.807) is 24.2 Å². The number of nitrogens with one attached hydrogen (secondary N) is 1. The standard InChI is InChI=1S/C11H18N2O2S/c1-9(10-3-2-6-14-10)12-5-8-16-11-13-4-7-15-11/h4,7,9-10,12H,2-3,5-6,8H2,1H3. The summed E-state index contributed by atoms with van der Waals surface area (Å²) < 4.78 is 10.8. The van der Waals surface area contributed by atoms with Crippen LogP contribution in [0.15, 0.2) is 22.1 Å². The van der Waals surface area contributed by atoms with Crippen LogP contribution in [-0.4, -0.2) is 36.0 Å². The Bertz CT molecular complexity index is 286. The number of oxazole rings is 1. The second kappa shape index (κ2) is 6.27. The molecule has 5 heteroatoms. The molecule has 2 unspecified atom stereocenters. The van der Waals surface area contributed by atoms with E-state index in [0.717, 1.165) is 24.1 Å². The molecule has 1 saturated heterocycles. The molecule has 0 spiro atoms. The SMILES string of the molecule is CC(NCCSc1ncco1)C1CCCO1. The quantitative estimate of drug-likeness (QED) is 0.610. The highest BCUT2D eigenvalue weighted by Gasteiger charge is 2.21. The lowest BCUT2D eigenvalue weighted by Gasteiger charge is -2.19. The highest BCUT2D eigenvalue weighted by Crippen LogP contribution is 2.16. The Morgan fingerprint density at radius 1 is 1.69 bits per heavy atom. The van der Waals surface area contributed by atoms with Gasteiger partial charge in [-0.05, 0) is 19.8 Å². The average Bonchev–Trinajstić information content (AvgIpc) is 2.96. The van der Waals surface area contributed by atoms with Crippen molar-refractivity contribution in [3.05, 3.63) is 12.5 Å². The van der Waals surface area contributed by atoms with Gasteiger partial charge >= 0.3 is 0 Å². The molecule has 2 rings (SSSR count). The summed E-state index contributed by atoms with van der Waals surface area (Å²) in [6, 6.07) is 0.438. The first-order valence-electron chi connectivity index (χ1n) is 5.73. The van der Waals surface area contributed by atoms with Gasteiger partial charge in [0.15, 0.2) is 0 Å². The van der Waals surface area contributed by atoms with Crippen LogP contribution in [0.25, 0.3) is 0 Å². The molecule has 0 aliphatic carbocycles. The molecule has 1 aliphatic heterocycles. The molecule has 4 nitrogen and oxygen atoms in total. The minimum Gasteiger partial charge on any atom is -0.440 e. The first-order valence-corrected chi connectivity index (χ1v) is 6.72. The molecule has 2 heterocycles. The average molecular weight is 242 g/mol. The van der Waals surface area contributed by atoms with Crippen LogP contribution in [0.3, 0.4) is 0 Å². The number of thioether (sulfide) groups is 1. The van der Waals surface area contributed by atoms with Crippen molar-refractivity contribution < 1.29 is 9.15 Å². The molecule has 2 atom stereocenters. The maximum atomic E-state index is 5.62. The number of rotatable bonds is 6. The van der Waals surface area contributed by atoms with Crippen molar-refractivity contribution in [2.24, 2.45) is 0 Å². The van der Waals surface area contributed by atoms with Crippen LogP contribution in [0, 0.1) is 0 Å². The summed E-state index contributed by atoms with van der Waals surface area (Å²) in [5.41, 5.74) is 0. The number of nitrogens with zero attached hydrogens (tertiary/aromatic N) is 1. The molecule has 0 amide bonds. The minimum absolute atomic E-state index is 0.395. The summed E-state index contributed by atoms with van der Waals surface area (Å²) in [5, 5.41) is 4.21. The number of hydrogen-bond acceptors (Lipinski definition) is 5. The van der Waals surface area contributed by atoms with Crippen molar-refractivity contribution in [2.75, 3.05) is 18.9 Å². The van der Waals surface area contributed by atoms with Gasteiger partial charge in [-0.3, -0.25) is 0 Å². The van der Waals surface area contributed by atoms with Crippen molar-refractivity contribution in [3.63, 3.8) is 0 Å². The van der Waals surface area contributed by atoms with E-state index in [1.165, 1.54) is 12.8 Å². The van der Waals surface area contributed by atoms with Crippen LogP contribution in [-0.2, 0) is 4.74 Å². The topological polar surface area (TPSA) is 47.3 Å². The Hall–Kier alpha value is -0.520. The maximum absolute atomic E-state index is 5.62. The predicted molar refractivity (Wildman–Crippen MR) is 63.7 cm³/mol.